The van der Waals surface area contributed by atoms with Gasteiger partial charge in [0.15, 0.2) is 0 Å². The molecule has 0 spiro atoms. The molecule has 0 amide bonds. The molecule has 0 N–H and O–H groups in total. The van der Waals surface area contributed by atoms with Gasteiger partial charge in [0.05, 0.1) is 79.3 Å². The zero-order chi connectivity index (χ0) is 21.5. The molecule has 0 unspecified atom stereocenters. The van der Waals surface area contributed by atoms with Crippen LogP contribution in [-0.2, 0) is 28.4 Å². The zero-order valence-electron chi connectivity index (χ0n) is 17.4. The van der Waals surface area contributed by atoms with Crippen molar-refractivity contribution in [1.29, 1.82) is 0 Å². The number of carbonyl (C=O) groups is 1. The maximum absolute atomic E-state index is 10.6. The molecule has 0 aliphatic rings. The molecule has 0 aromatic heterocycles. The van der Waals surface area contributed by atoms with Crippen molar-refractivity contribution >= 4 is 17.9 Å². The third-order valence-corrected chi connectivity index (χ3v) is 3.75. The second-order valence-electron chi connectivity index (χ2n) is 5.90. The number of hydrogen-bond donors (Lipinski definition) is 0. The molecule has 0 radical (unpaired) electrons. The highest BCUT2D eigenvalue weighted by atomic mass is 35.5. The quantitative estimate of drug-likeness (QED) is 0.152. The van der Waals surface area contributed by atoms with Gasteiger partial charge in [-0.1, -0.05) is 0 Å². The van der Waals surface area contributed by atoms with Crippen molar-refractivity contribution in [2.45, 2.75) is 0 Å². The Labute approximate surface area is 183 Å². The number of rotatable bonds is 22. The van der Waals surface area contributed by atoms with Crippen LogP contribution in [0, 0.1) is 0 Å². The first-order valence-electron chi connectivity index (χ1n) is 10.1. The van der Waals surface area contributed by atoms with Crippen molar-refractivity contribution < 1.29 is 38.0 Å². The fourth-order valence-corrected chi connectivity index (χ4v) is 2.23. The molecule has 9 heteroatoms. The van der Waals surface area contributed by atoms with Crippen LogP contribution in [-0.4, -0.2) is 98.1 Å². The van der Waals surface area contributed by atoms with E-state index in [-0.39, 0.29) is 0 Å². The molecule has 0 saturated carbocycles. The summed E-state index contributed by atoms with van der Waals surface area (Å²) >= 11 is 5.49. The minimum absolute atomic E-state index is 0.441. The fourth-order valence-electron chi connectivity index (χ4n) is 2.12. The number of benzene rings is 1. The molecule has 8 nitrogen and oxygen atoms in total. The van der Waals surface area contributed by atoms with Gasteiger partial charge >= 0.3 is 0 Å². The minimum Gasteiger partial charge on any atom is -0.491 e. The summed E-state index contributed by atoms with van der Waals surface area (Å²) in [6.07, 6.45) is 0.798. The van der Waals surface area contributed by atoms with E-state index >= 15 is 0 Å². The standard InChI is InChI=1S/C21H33ClO8/c22-5-6-24-7-8-25-9-10-26-11-12-27-13-14-28-15-16-29-17-18-30-21-3-1-20(19-23)2-4-21/h1-4,19H,5-18H2. The van der Waals surface area contributed by atoms with Gasteiger partial charge in [-0.25, -0.2) is 0 Å². The average Bonchev–Trinajstić information content (AvgIpc) is 2.78. The average molecular weight is 449 g/mol. The summed E-state index contributed by atoms with van der Waals surface area (Å²) in [4.78, 5) is 10.6. The minimum atomic E-state index is 0.441. The molecule has 1 aromatic rings. The third-order valence-electron chi connectivity index (χ3n) is 3.59. The van der Waals surface area contributed by atoms with Crippen LogP contribution in [0.1, 0.15) is 10.4 Å². The first-order valence-corrected chi connectivity index (χ1v) is 10.6. The van der Waals surface area contributed by atoms with Gasteiger partial charge < -0.3 is 33.2 Å². The van der Waals surface area contributed by atoms with E-state index in [4.69, 9.17) is 44.8 Å². The summed E-state index contributed by atoms with van der Waals surface area (Å²) in [6.45, 7) is 6.66. The monoisotopic (exact) mass is 448 g/mol. The molecule has 0 fully saturated rings. The Bertz CT molecular complexity index is 500. The Balaban J connectivity index is 1.72. The molecule has 0 saturated heterocycles. The van der Waals surface area contributed by atoms with Gasteiger partial charge in [-0.15, -0.1) is 11.6 Å². The number of hydrogen-bond acceptors (Lipinski definition) is 8. The van der Waals surface area contributed by atoms with Crippen LogP contribution in [0.5, 0.6) is 5.75 Å². The lowest BCUT2D eigenvalue weighted by atomic mass is 10.2. The van der Waals surface area contributed by atoms with Crippen molar-refractivity contribution in [2.75, 3.05) is 91.8 Å². The van der Waals surface area contributed by atoms with E-state index < -0.39 is 0 Å². The number of aldehydes is 1. The van der Waals surface area contributed by atoms with Crippen LogP contribution in [0.2, 0.25) is 0 Å². The molecule has 0 aliphatic carbocycles. The Morgan fingerprint density at radius 2 is 0.933 bits per heavy atom. The summed E-state index contributed by atoms with van der Waals surface area (Å²) < 4.78 is 37.7. The van der Waals surface area contributed by atoms with E-state index in [1.54, 1.807) is 24.3 Å². The van der Waals surface area contributed by atoms with E-state index in [2.05, 4.69) is 0 Å². The number of halogens is 1. The second-order valence-corrected chi connectivity index (χ2v) is 6.28. The Morgan fingerprint density at radius 1 is 0.567 bits per heavy atom. The molecule has 0 bridgehead atoms. The first-order chi connectivity index (χ1) is 14.9. The Kier molecular flexibility index (Phi) is 18.7. The topological polar surface area (TPSA) is 81.7 Å². The maximum Gasteiger partial charge on any atom is 0.150 e. The number of ether oxygens (including phenoxy) is 7. The maximum atomic E-state index is 10.6. The SMILES string of the molecule is O=Cc1ccc(OCCOCCOCCOCCOCCOCCOCCCl)cc1. The summed E-state index contributed by atoms with van der Waals surface area (Å²) in [5.74, 6) is 1.21. The molecule has 0 heterocycles. The van der Waals surface area contributed by atoms with E-state index in [0.29, 0.717) is 103 Å². The zero-order valence-corrected chi connectivity index (χ0v) is 18.2. The molecule has 0 aliphatic heterocycles. The van der Waals surface area contributed by atoms with Crippen LogP contribution in [0.4, 0.5) is 0 Å². The molecule has 1 aromatic carbocycles. The first kappa shape index (κ1) is 26.8. The van der Waals surface area contributed by atoms with Crippen molar-refractivity contribution in [3.05, 3.63) is 29.8 Å². The predicted molar refractivity (Wildman–Crippen MR) is 113 cm³/mol. The molecule has 1 rings (SSSR count). The smallest absolute Gasteiger partial charge is 0.150 e. The predicted octanol–water partition coefficient (Wildman–Crippen LogP) is 2.22. The van der Waals surface area contributed by atoms with Crippen LogP contribution >= 0.6 is 11.6 Å². The number of carbonyl (C=O) groups excluding carboxylic acids is 1. The van der Waals surface area contributed by atoms with Gasteiger partial charge in [0, 0.05) is 11.4 Å². The van der Waals surface area contributed by atoms with E-state index in [0.717, 1.165) is 6.29 Å². The third kappa shape index (κ3) is 16.5. The lowest BCUT2D eigenvalue weighted by Crippen LogP contribution is -2.15. The van der Waals surface area contributed by atoms with Crippen molar-refractivity contribution in [3.8, 4) is 5.75 Å². The lowest BCUT2D eigenvalue weighted by molar-refractivity contribution is -0.0172. The van der Waals surface area contributed by atoms with Gasteiger partial charge in [0.25, 0.3) is 0 Å². The van der Waals surface area contributed by atoms with E-state index in [9.17, 15) is 4.79 Å². The lowest BCUT2D eigenvalue weighted by Gasteiger charge is -2.09. The van der Waals surface area contributed by atoms with Gasteiger partial charge in [0.1, 0.15) is 18.6 Å². The highest BCUT2D eigenvalue weighted by molar-refractivity contribution is 6.17. The molecular weight excluding hydrogens is 416 g/mol. The summed E-state index contributed by atoms with van der Waals surface area (Å²) in [5, 5.41) is 0. The van der Waals surface area contributed by atoms with Crippen LogP contribution in [0.25, 0.3) is 0 Å². The van der Waals surface area contributed by atoms with Crippen molar-refractivity contribution in [1.82, 2.24) is 0 Å². The van der Waals surface area contributed by atoms with Crippen LogP contribution < -0.4 is 4.74 Å². The molecule has 0 atom stereocenters. The molecule has 172 valence electrons. The summed E-state index contributed by atoms with van der Waals surface area (Å²) in [6, 6.07) is 6.94. The molecule has 30 heavy (non-hydrogen) atoms. The second kappa shape index (κ2) is 21.0. The highest BCUT2D eigenvalue weighted by Gasteiger charge is 1.96. The van der Waals surface area contributed by atoms with Crippen LogP contribution in [0.15, 0.2) is 24.3 Å². The van der Waals surface area contributed by atoms with Gasteiger partial charge in [0.2, 0.25) is 0 Å². The normalized spacial score (nSPS) is 11.0. The Morgan fingerprint density at radius 3 is 1.30 bits per heavy atom. The van der Waals surface area contributed by atoms with E-state index in [1.165, 1.54) is 0 Å². The van der Waals surface area contributed by atoms with Gasteiger partial charge in [-0.2, -0.15) is 0 Å². The van der Waals surface area contributed by atoms with Gasteiger partial charge in [-0.05, 0) is 24.3 Å². The van der Waals surface area contributed by atoms with E-state index in [1.807, 2.05) is 0 Å². The summed E-state index contributed by atoms with van der Waals surface area (Å²) in [7, 11) is 0. The largest absolute Gasteiger partial charge is 0.491 e. The Hall–Kier alpha value is -1.26. The van der Waals surface area contributed by atoms with Gasteiger partial charge in [-0.3, -0.25) is 4.79 Å². The van der Waals surface area contributed by atoms with Crippen molar-refractivity contribution in [2.24, 2.45) is 0 Å². The van der Waals surface area contributed by atoms with Crippen LogP contribution in [0.3, 0.4) is 0 Å². The fraction of sp³-hybridized carbons (Fsp3) is 0.667. The highest BCUT2D eigenvalue weighted by Crippen LogP contribution is 2.10. The van der Waals surface area contributed by atoms with Crippen molar-refractivity contribution in [3.63, 3.8) is 0 Å². The summed E-state index contributed by atoms with van der Waals surface area (Å²) in [5.41, 5.74) is 0.623. The molecular formula is C21H33ClO8. The number of alkyl halides is 1.